The standard InChI is InChI=1S/C7H8N2O2S/c8-7(12)9-5-2-1-4-3-10-6(5)11-4/h1-2,4,6H,3H2,(H2,8,12)/b9-5-/t4-,6+/m0/s1. The molecule has 0 unspecified atom stereocenters. The van der Waals surface area contributed by atoms with E-state index in [9.17, 15) is 0 Å². The highest BCUT2D eigenvalue weighted by atomic mass is 32.1. The molecule has 64 valence electrons. The lowest BCUT2D eigenvalue weighted by molar-refractivity contribution is 0.00259. The highest BCUT2D eigenvalue weighted by Crippen LogP contribution is 2.19. The first-order valence-corrected chi connectivity index (χ1v) is 4.00. The quantitative estimate of drug-likeness (QED) is 0.538. The minimum Gasteiger partial charge on any atom is -0.374 e. The average Bonchev–Trinajstić information content (AvgIpc) is 2.39. The molecule has 0 aliphatic carbocycles. The number of nitrogens with two attached hydrogens (primary N) is 1. The van der Waals surface area contributed by atoms with E-state index in [1.54, 1.807) is 0 Å². The lowest BCUT2D eigenvalue weighted by Crippen LogP contribution is -2.26. The summed E-state index contributed by atoms with van der Waals surface area (Å²) < 4.78 is 10.6. The molecule has 0 amide bonds. The lowest BCUT2D eigenvalue weighted by Gasteiger charge is -2.13. The summed E-state index contributed by atoms with van der Waals surface area (Å²) in [6, 6.07) is 0. The Morgan fingerprint density at radius 2 is 2.58 bits per heavy atom. The van der Waals surface area contributed by atoms with E-state index in [-0.39, 0.29) is 17.5 Å². The average molecular weight is 184 g/mol. The molecule has 2 N–H and O–H groups in total. The summed E-state index contributed by atoms with van der Waals surface area (Å²) in [5, 5.41) is 0.104. The maximum Gasteiger partial charge on any atom is 0.201 e. The topological polar surface area (TPSA) is 56.8 Å². The minimum absolute atomic E-state index is 0.0697. The largest absolute Gasteiger partial charge is 0.374 e. The molecule has 0 aromatic heterocycles. The van der Waals surface area contributed by atoms with E-state index < -0.39 is 0 Å². The molecule has 2 bridgehead atoms. The van der Waals surface area contributed by atoms with Gasteiger partial charge in [-0.1, -0.05) is 6.08 Å². The number of thiocarbonyl (C=S) groups is 1. The van der Waals surface area contributed by atoms with Gasteiger partial charge in [-0.25, -0.2) is 4.99 Å². The number of nitrogens with zero attached hydrogens (tertiary/aromatic N) is 1. The van der Waals surface area contributed by atoms with Crippen LogP contribution in [0, 0.1) is 0 Å². The second-order valence-electron chi connectivity index (χ2n) is 2.57. The van der Waals surface area contributed by atoms with Crippen molar-refractivity contribution in [3.05, 3.63) is 12.2 Å². The third-order valence-electron chi connectivity index (χ3n) is 1.67. The summed E-state index contributed by atoms with van der Waals surface area (Å²) in [4.78, 5) is 3.90. The summed E-state index contributed by atoms with van der Waals surface area (Å²) in [6.07, 6.45) is 3.42. The second kappa shape index (κ2) is 2.93. The van der Waals surface area contributed by atoms with Crippen LogP contribution in [0.5, 0.6) is 0 Å². The van der Waals surface area contributed by atoms with Gasteiger partial charge in [0.05, 0.1) is 12.3 Å². The molecule has 12 heavy (non-hydrogen) atoms. The fourth-order valence-corrected chi connectivity index (χ4v) is 1.28. The van der Waals surface area contributed by atoms with Gasteiger partial charge < -0.3 is 15.2 Å². The van der Waals surface area contributed by atoms with Gasteiger partial charge in [-0.05, 0) is 18.3 Å². The second-order valence-corrected chi connectivity index (χ2v) is 2.99. The predicted molar refractivity (Wildman–Crippen MR) is 48.0 cm³/mol. The van der Waals surface area contributed by atoms with Crippen molar-refractivity contribution in [2.24, 2.45) is 10.7 Å². The molecule has 1 saturated heterocycles. The molecule has 0 spiro atoms. The van der Waals surface area contributed by atoms with Crippen molar-refractivity contribution in [2.75, 3.05) is 6.61 Å². The third-order valence-corrected chi connectivity index (χ3v) is 1.76. The highest BCUT2D eigenvalue weighted by Gasteiger charge is 2.31. The number of hydrogen-bond acceptors (Lipinski definition) is 3. The molecule has 2 aliphatic rings. The number of rotatable bonds is 0. The fourth-order valence-electron chi connectivity index (χ4n) is 1.18. The van der Waals surface area contributed by atoms with Crippen LogP contribution in [0.3, 0.4) is 0 Å². The van der Waals surface area contributed by atoms with Crippen molar-refractivity contribution in [2.45, 2.75) is 12.4 Å². The van der Waals surface area contributed by atoms with E-state index >= 15 is 0 Å². The fraction of sp³-hybridized carbons (Fsp3) is 0.429. The van der Waals surface area contributed by atoms with E-state index in [1.165, 1.54) is 0 Å². The van der Waals surface area contributed by atoms with E-state index in [1.807, 2.05) is 12.2 Å². The molecule has 0 saturated carbocycles. The smallest absolute Gasteiger partial charge is 0.201 e. The van der Waals surface area contributed by atoms with E-state index in [4.69, 9.17) is 15.2 Å². The van der Waals surface area contributed by atoms with Crippen LogP contribution in [0.4, 0.5) is 0 Å². The van der Waals surface area contributed by atoms with Crippen molar-refractivity contribution in [1.82, 2.24) is 0 Å². The molecule has 2 heterocycles. The van der Waals surface area contributed by atoms with Crippen LogP contribution in [0.2, 0.25) is 0 Å². The number of ether oxygens (including phenoxy) is 2. The Bertz CT molecular complexity index is 275. The SMILES string of the molecule is NC(=S)/N=C1/C=C[C@H]2CO[C@@H]1O2. The number of fused-ring (bicyclic) bond motifs is 2. The van der Waals surface area contributed by atoms with Crippen LogP contribution in [-0.2, 0) is 9.47 Å². The molecule has 1 fully saturated rings. The maximum atomic E-state index is 5.36. The van der Waals surface area contributed by atoms with Crippen LogP contribution in [0.1, 0.15) is 0 Å². The molecule has 0 aromatic rings. The Balaban J connectivity index is 2.22. The van der Waals surface area contributed by atoms with Gasteiger partial charge in [0.2, 0.25) is 6.29 Å². The van der Waals surface area contributed by atoms with Crippen LogP contribution < -0.4 is 5.73 Å². The van der Waals surface area contributed by atoms with Gasteiger partial charge in [0.15, 0.2) is 5.11 Å². The molecular weight excluding hydrogens is 176 g/mol. The first-order chi connectivity index (χ1) is 5.75. The van der Waals surface area contributed by atoms with Gasteiger partial charge in [-0.3, -0.25) is 0 Å². The summed E-state index contributed by atoms with van der Waals surface area (Å²) >= 11 is 4.64. The molecule has 0 radical (unpaired) electrons. The molecule has 4 nitrogen and oxygen atoms in total. The molecule has 2 aliphatic heterocycles. The van der Waals surface area contributed by atoms with Crippen molar-refractivity contribution in [1.29, 1.82) is 0 Å². The molecule has 5 heteroatoms. The molecule has 2 atom stereocenters. The first-order valence-electron chi connectivity index (χ1n) is 3.59. The normalized spacial score (nSPS) is 35.8. The van der Waals surface area contributed by atoms with Gasteiger partial charge in [0, 0.05) is 0 Å². The van der Waals surface area contributed by atoms with Gasteiger partial charge in [0.25, 0.3) is 0 Å². The van der Waals surface area contributed by atoms with Crippen molar-refractivity contribution in [3.63, 3.8) is 0 Å². The Hall–Kier alpha value is -0.780. The number of aliphatic imine (C=N–C) groups is 1. The predicted octanol–water partition coefficient (Wildman–Crippen LogP) is -0.0177. The molecular formula is C7H8N2O2S. The Labute approximate surface area is 75.0 Å². The zero-order valence-corrected chi connectivity index (χ0v) is 7.08. The van der Waals surface area contributed by atoms with Gasteiger partial charge in [-0.2, -0.15) is 0 Å². The highest BCUT2D eigenvalue weighted by molar-refractivity contribution is 7.80. The van der Waals surface area contributed by atoms with Crippen LogP contribution in [0.15, 0.2) is 17.1 Å². The van der Waals surface area contributed by atoms with Crippen molar-refractivity contribution >= 4 is 23.0 Å². The Kier molecular flexibility index (Phi) is 1.92. The van der Waals surface area contributed by atoms with Crippen LogP contribution >= 0.6 is 12.2 Å². The van der Waals surface area contributed by atoms with Gasteiger partial charge in [-0.15, -0.1) is 0 Å². The first kappa shape index (κ1) is 7.85. The minimum atomic E-state index is -0.374. The van der Waals surface area contributed by atoms with Gasteiger partial charge >= 0.3 is 0 Å². The number of hydrogen-bond donors (Lipinski definition) is 1. The Morgan fingerprint density at radius 3 is 3.33 bits per heavy atom. The Morgan fingerprint density at radius 1 is 1.75 bits per heavy atom. The third kappa shape index (κ3) is 1.38. The summed E-state index contributed by atoms with van der Waals surface area (Å²) in [6.45, 7) is 0.581. The summed E-state index contributed by atoms with van der Waals surface area (Å²) in [5.74, 6) is 0. The molecule has 0 aromatic carbocycles. The zero-order valence-electron chi connectivity index (χ0n) is 6.27. The summed E-state index contributed by atoms with van der Waals surface area (Å²) in [7, 11) is 0. The van der Waals surface area contributed by atoms with Crippen LogP contribution in [-0.4, -0.2) is 29.8 Å². The summed E-state index contributed by atoms with van der Waals surface area (Å²) in [5.41, 5.74) is 5.90. The van der Waals surface area contributed by atoms with Crippen molar-refractivity contribution in [3.8, 4) is 0 Å². The van der Waals surface area contributed by atoms with E-state index in [0.717, 1.165) is 0 Å². The van der Waals surface area contributed by atoms with Crippen molar-refractivity contribution < 1.29 is 9.47 Å². The lowest BCUT2D eigenvalue weighted by atomic mass is 10.2. The van der Waals surface area contributed by atoms with Gasteiger partial charge in [0.1, 0.15) is 6.10 Å². The van der Waals surface area contributed by atoms with E-state index in [0.29, 0.717) is 12.3 Å². The monoisotopic (exact) mass is 184 g/mol. The maximum absolute atomic E-state index is 5.36. The molecule has 2 rings (SSSR count). The van der Waals surface area contributed by atoms with Crippen LogP contribution in [0.25, 0.3) is 0 Å². The van der Waals surface area contributed by atoms with E-state index in [2.05, 4.69) is 17.2 Å². The zero-order chi connectivity index (χ0) is 8.55.